The molecule has 0 spiro atoms. The van der Waals surface area contributed by atoms with Gasteiger partial charge in [-0.3, -0.25) is 4.79 Å². The Morgan fingerprint density at radius 3 is 2.80 bits per heavy atom. The molecule has 1 aliphatic rings. The van der Waals surface area contributed by atoms with E-state index in [4.69, 9.17) is 6.42 Å². The third kappa shape index (κ3) is 3.14. The fourth-order valence-electron chi connectivity index (χ4n) is 2.15. The number of terminal acetylenes is 1. The van der Waals surface area contributed by atoms with E-state index < -0.39 is 27.7 Å². The van der Waals surface area contributed by atoms with E-state index >= 15 is 0 Å². The standard InChI is InChI=1S/C13H13FN2O3S/c1-2-6-16(11-5-7-20(18,19)9-11)13(17)10-3-4-12(14)15-8-10/h1,3-4,8,11H,5-7,9H2. The number of hydrogen-bond acceptors (Lipinski definition) is 4. The van der Waals surface area contributed by atoms with Crippen LogP contribution in [0.3, 0.4) is 0 Å². The first kappa shape index (κ1) is 14.5. The van der Waals surface area contributed by atoms with Gasteiger partial charge in [0.2, 0.25) is 5.95 Å². The molecular formula is C13H13FN2O3S. The summed E-state index contributed by atoms with van der Waals surface area (Å²) in [6.07, 6.45) is 6.72. The molecule has 1 atom stereocenters. The van der Waals surface area contributed by atoms with Crippen LogP contribution in [-0.2, 0) is 9.84 Å². The van der Waals surface area contributed by atoms with Gasteiger partial charge in [-0.1, -0.05) is 5.92 Å². The second kappa shape index (κ2) is 5.59. The molecule has 106 valence electrons. The smallest absolute Gasteiger partial charge is 0.256 e. The third-order valence-corrected chi connectivity index (χ3v) is 4.90. The maximum absolute atomic E-state index is 12.8. The minimum Gasteiger partial charge on any atom is -0.323 e. The Balaban J connectivity index is 2.23. The molecule has 0 aliphatic carbocycles. The lowest BCUT2D eigenvalue weighted by Gasteiger charge is -2.26. The molecule has 1 aliphatic heterocycles. The van der Waals surface area contributed by atoms with Crippen molar-refractivity contribution in [2.24, 2.45) is 0 Å². The van der Waals surface area contributed by atoms with Crippen LogP contribution >= 0.6 is 0 Å². The largest absolute Gasteiger partial charge is 0.323 e. The first-order valence-electron chi connectivity index (χ1n) is 5.99. The van der Waals surface area contributed by atoms with Crippen molar-refractivity contribution >= 4 is 15.7 Å². The second-order valence-electron chi connectivity index (χ2n) is 4.56. The molecule has 5 nitrogen and oxygen atoms in total. The van der Waals surface area contributed by atoms with Crippen molar-refractivity contribution in [2.45, 2.75) is 12.5 Å². The molecule has 0 N–H and O–H groups in total. The van der Waals surface area contributed by atoms with Crippen LogP contribution in [-0.4, -0.2) is 48.3 Å². The highest BCUT2D eigenvalue weighted by Gasteiger charge is 2.34. The highest BCUT2D eigenvalue weighted by atomic mass is 32.2. The normalized spacial score (nSPS) is 20.3. The topological polar surface area (TPSA) is 67.3 Å². The number of carbonyl (C=O) groups is 1. The summed E-state index contributed by atoms with van der Waals surface area (Å²) in [5.41, 5.74) is 0.186. The van der Waals surface area contributed by atoms with E-state index in [1.165, 1.54) is 11.0 Å². The van der Waals surface area contributed by atoms with Crippen LogP contribution < -0.4 is 0 Å². The van der Waals surface area contributed by atoms with Crippen LogP contribution in [0.4, 0.5) is 4.39 Å². The van der Waals surface area contributed by atoms with Crippen molar-refractivity contribution in [3.8, 4) is 12.3 Å². The number of carbonyl (C=O) groups excluding carboxylic acids is 1. The molecule has 1 aromatic rings. The predicted octanol–water partition coefficient (Wildman–Crippen LogP) is 0.483. The zero-order valence-electron chi connectivity index (χ0n) is 10.6. The van der Waals surface area contributed by atoms with Crippen LogP contribution in [0, 0.1) is 18.3 Å². The van der Waals surface area contributed by atoms with Crippen molar-refractivity contribution in [1.82, 2.24) is 9.88 Å². The van der Waals surface area contributed by atoms with Gasteiger partial charge in [0.05, 0.1) is 23.6 Å². The minimum atomic E-state index is -3.12. The first-order chi connectivity index (χ1) is 9.43. The molecule has 1 saturated heterocycles. The molecule has 1 amide bonds. The van der Waals surface area contributed by atoms with Crippen LogP contribution in [0.15, 0.2) is 18.3 Å². The lowest BCUT2D eigenvalue weighted by atomic mass is 10.1. The monoisotopic (exact) mass is 296 g/mol. The van der Waals surface area contributed by atoms with Crippen molar-refractivity contribution in [1.29, 1.82) is 0 Å². The van der Waals surface area contributed by atoms with Gasteiger partial charge < -0.3 is 4.90 Å². The van der Waals surface area contributed by atoms with Gasteiger partial charge in [-0.2, -0.15) is 4.39 Å². The van der Waals surface area contributed by atoms with Gasteiger partial charge in [0, 0.05) is 12.2 Å². The summed E-state index contributed by atoms with van der Waals surface area (Å²) in [5, 5.41) is 0. The molecule has 2 rings (SSSR count). The van der Waals surface area contributed by atoms with E-state index in [9.17, 15) is 17.6 Å². The van der Waals surface area contributed by atoms with Crippen LogP contribution in [0.2, 0.25) is 0 Å². The number of sulfone groups is 1. The molecule has 0 saturated carbocycles. The molecule has 0 radical (unpaired) electrons. The Morgan fingerprint density at radius 1 is 1.55 bits per heavy atom. The van der Waals surface area contributed by atoms with Gasteiger partial charge in [-0.05, 0) is 18.6 Å². The van der Waals surface area contributed by atoms with Gasteiger partial charge >= 0.3 is 0 Å². The summed E-state index contributed by atoms with van der Waals surface area (Å²) < 4.78 is 35.8. The average Bonchev–Trinajstić information content (AvgIpc) is 2.76. The molecule has 2 heterocycles. The average molecular weight is 296 g/mol. The highest BCUT2D eigenvalue weighted by molar-refractivity contribution is 7.91. The number of hydrogen-bond donors (Lipinski definition) is 0. The molecule has 7 heteroatoms. The first-order valence-corrected chi connectivity index (χ1v) is 7.81. The van der Waals surface area contributed by atoms with E-state index in [0.717, 1.165) is 12.3 Å². The molecule has 0 aromatic carbocycles. The van der Waals surface area contributed by atoms with Gasteiger partial charge in [0.25, 0.3) is 5.91 Å². The zero-order valence-corrected chi connectivity index (χ0v) is 11.4. The predicted molar refractivity (Wildman–Crippen MR) is 71.1 cm³/mol. The minimum absolute atomic E-state index is 0.0103. The summed E-state index contributed by atoms with van der Waals surface area (Å²) in [4.78, 5) is 17.1. The van der Waals surface area contributed by atoms with Crippen LogP contribution in [0.1, 0.15) is 16.8 Å². The number of halogens is 1. The van der Waals surface area contributed by atoms with E-state index in [-0.39, 0.29) is 23.6 Å². The molecule has 1 aromatic heterocycles. The van der Waals surface area contributed by atoms with E-state index in [0.29, 0.717) is 6.42 Å². The van der Waals surface area contributed by atoms with Crippen molar-refractivity contribution in [3.05, 3.63) is 29.8 Å². The van der Waals surface area contributed by atoms with Gasteiger partial charge in [0.15, 0.2) is 9.84 Å². The summed E-state index contributed by atoms with van der Waals surface area (Å²) >= 11 is 0. The van der Waals surface area contributed by atoms with Gasteiger partial charge in [-0.15, -0.1) is 6.42 Å². The molecule has 1 unspecified atom stereocenters. The van der Waals surface area contributed by atoms with Crippen LogP contribution in [0.25, 0.3) is 0 Å². The fourth-order valence-corrected chi connectivity index (χ4v) is 3.89. The van der Waals surface area contributed by atoms with Gasteiger partial charge in [0.1, 0.15) is 0 Å². The Kier molecular flexibility index (Phi) is 4.04. The molecule has 1 fully saturated rings. The SMILES string of the molecule is C#CCN(C(=O)c1ccc(F)nc1)C1CCS(=O)(=O)C1. The maximum atomic E-state index is 12.8. The number of aromatic nitrogens is 1. The van der Waals surface area contributed by atoms with Crippen molar-refractivity contribution in [2.75, 3.05) is 18.1 Å². The second-order valence-corrected chi connectivity index (χ2v) is 6.79. The number of rotatable bonds is 3. The lowest BCUT2D eigenvalue weighted by Crippen LogP contribution is -2.41. The molecular weight excluding hydrogens is 283 g/mol. The van der Waals surface area contributed by atoms with Gasteiger partial charge in [-0.25, -0.2) is 13.4 Å². The Morgan fingerprint density at radius 2 is 2.30 bits per heavy atom. The lowest BCUT2D eigenvalue weighted by molar-refractivity contribution is 0.0724. The van der Waals surface area contributed by atoms with E-state index in [1.54, 1.807) is 0 Å². The van der Waals surface area contributed by atoms with Crippen molar-refractivity contribution in [3.63, 3.8) is 0 Å². The number of nitrogens with zero attached hydrogens (tertiary/aromatic N) is 2. The summed E-state index contributed by atoms with van der Waals surface area (Å²) in [6.45, 7) is 0.0103. The molecule has 20 heavy (non-hydrogen) atoms. The zero-order chi connectivity index (χ0) is 14.8. The maximum Gasteiger partial charge on any atom is 0.256 e. The summed E-state index contributed by atoms with van der Waals surface area (Å²) in [5.74, 6) is 1.19. The highest BCUT2D eigenvalue weighted by Crippen LogP contribution is 2.19. The summed E-state index contributed by atoms with van der Waals surface area (Å²) in [7, 11) is -3.12. The van der Waals surface area contributed by atoms with Crippen molar-refractivity contribution < 1.29 is 17.6 Å². The van der Waals surface area contributed by atoms with E-state index in [2.05, 4.69) is 10.9 Å². The number of amides is 1. The summed E-state index contributed by atoms with van der Waals surface area (Å²) in [6, 6.07) is 1.94. The quantitative estimate of drug-likeness (QED) is 0.601. The Hall–Kier alpha value is -1.94. The molecule has 0 bridgehead atoms. The number of pyridine rings is 1. The Labute approximate surface area is 116 Å². The third-order valence-electron chi connectivity index (χ3n) is 3.15. The van der Waals surface area contributed by atoms with Crippen LogP contribution in [0.5, 0.6) is 0 Å². The fraction of sp³-hybridized carbons (Fsp3) is 0.385. The Bertz CT molecular complexity index is 649. The van der Waals surface area contributed by atoms with E-state index in [1.807, 2.05) is 0 Å².